The van der Waals surface area contributed by atoms with Gasteiger partial charge in [0.1, 0.15) is 0 Å². The van der Waals surface area contributed by atoms with Crippen LogP contribution in [0.15, 0.2) is 54.9 Å². The minimum absolute atomic E-state index is 0.0947. The SMILES string of the molecule is CC(=O)Nc1cccc2c1CCN(C(=O)NCc1cnn(-c3ccc(Cl)cc3)c1)C2. The van der Waals surface area contributed by atoms with Gasteiger partial charge in [-0.25, -0.2) is 9.48 Å². The van der Waals surface area contributed by atoms with Crippen LogP contribution in [0.25, 0.3) is 5.69 Å². The lowest BCUT2D eigenvalue weighted by Crippen LogP contribution is -2.42. The van der Waals surface area contributed by atoms with Crippen LogP contribution in [0, 0.1) is 0 Å². The molecule has 3 aromatic rings. The topological polar surface area (TPSA) is 79.3 Å². The van der Waals surface area contributed by atoms with Crippen molar-refractivity contribution in [1.82, 2.24) is 20.0 Å². The third-order valence-corrected chi connectivity index (χ3v) is 5.29. The van der Waals surface area contributed by atoms with Crippen molar-refractivity contribution in [3.63, 3.8) is 0 Å². The summed E-state index contributed by atoms with van der Waals surface area (Å²) < 4.78 is 1.75. The Morgan fingerprint density at radius 2 is 1.97 bits per heavy atom. The van der Waals surface area contributed by atoms with Gasteiger partial charge in [-0.05, 0) is 47.9 Å². The van der Waals surface area contributed by atoms with Gasteiger partial charge >= 0.3 is 6.03 Å². The van der Waals surface area contributed by atoms with Crippen LogP contribution in [0.3, 0.4) is 0 Å². The number of nitrogens with one attached hydrogen (secondary N) is 2. The number of carbonyl (C=O) groups excluding carboxylic acids is 2. The second-order valence-corrected chi connectivity index (χ2v) is 7.66. The summed E-state index contributed by atoms with van der Waals surface area (Å²) in [6, 6.07) is 13.1. The highest BCUT2D eigenvalue weighted by atomic mass is 35.5. The van der Waals surface area contributed by atoms with Crippen LogP contribution < -0.4 is 10.6 Å². The zero-order chi connectivity index (χ0) is 21.1. The van der Waals surface area contributed by atoms with Crippen molar-refractivity contribution in [1.29, 1.82) is 0 Å². The van der Waals surface area contributed by atoms with Gasteiger partial charge in [-0.2, -0.15) is 5.10 Å². The molecule has 1 aliphatic rings. The van der Waals surface area contributed by atoms with Crippen molar-refractivity contribution < 1.29 is 9.59 Å². The van der Waals surface area contributed by atoms with Gasteiger partial charge in [0.2, 0.25) is 5.91 Å². The molecule has 3 amide bonds. The molecule has 1 aromatic heterocycles. The molecule has 0 unspecified atom stereocenters. The fourth-order valence-corrected chi connectivity index (χ4v) is 3.69. The van der Waals surface area contributed by atoms with E-state index in [1.54, 1.807) is 15.8 Å². The molecule has 0 saturated carbocycles. The lowest BCUT2D eigenvalue weighted by atomic mass is 9.98. The Morgan fingerprint density at radius 1 is 1.17 bits per heavy atom. The smallest absolute Gasteiger partial charge is 0.317 e. The van der Waals surface area contributed by atoms with Gasteiger partial charge in [-0.3, -0.25) is 4.79 Å². The monoisotopic (exact) mass is 423 g/mol. The maximum Gasteiger partial charge on any atom is 0.317 e. The van der Waals surface area contributed by atoms with Crippen LogP contribution in [0.5, 0.6) is 0 Å². The number of benzene rings is 2. The molecule has 4 rings (SSSR count). The van der Waals surface area contributed by atoms with Gasteiger partial charge in [0.15, 0.2) is 0 Å². The Hall–Kier alpha value is -3.32. The molecule has 0 atom stereocenters. The fraction of sp³-hybridized carbons (Fsp3) is 0.227. The Balaban J connectivity index is 1.36. The van der Waals surface area contributed by atoms with Gasteiger partial charge in [0.25, 0.3) is 0 Å². The minimum atomic E-state index is -0.121. The van der Waals surface area contributed by atoms with Crippen LogP contribution in [0.2, 0.25) is 5.02 Å². The van der Waals surface area contributed by atoms with E-state index in [1.165, 1.54) is 6.92 Å². The molecule has 2 aromatic carbocycles. The van der Waals surface area contributed by atoms with Gasteiger partial charge in [-0.1, -0.05) is 23.7 Å². The second-order valence-electron chi connectivity index (χ2n) is 7.22. The van der Waals surface area contributed by atoms with Crippen LogP contribution >= 0.6 is 11.6 Å². The number of carbonyl (C=O) groups is 2. The molecule has 0 fully saturated rings. The van der Waals surface area contributed by atoms with E-state index in [-0.39, 0.29) is 11.9 Å². The Kier molecular flexibility index (Phi) is 5.72. The third kappa shape index (κ3) is 4.46. The lowest BCUT2D eigenvalue weighted by Gasteiger charge is -2.30. The maximum atomic E-state index is 12.7. The molecule has 2 N–H and O–H groups in total. The molecule has 2 heterocycles. The molecular formula is C22H22ClN5O2. The maximum absolute atomic E-state index is 12.7. The Bertz CT molecular complexity index is 1080. The standard InChI is InChI=1S/C22H22ClN5O2/c1-15(29)26-21-4-2-3-17-14-27(10-9-20(17)21)22(30)24-11-16-12-25-28(13-16)19-7-5-18(23)6-8-19/h2-8,12-13H,9-11,14H2,1H3,(H,24,30)(H,26,29). The molecule has 0 saturated heterocycles. The molecule has 0 aliphatic carbocycles. The number of amides is 3. The number of aromatic nitrogens is 2. The van der Waals surface area contributed by atoms with Crippen LogP contribution in [-0.4, -0.2) is 33.2 Å². The first-order chi connectivity index (χ1) is 14.5. The van der Waals surface area contributed by atoms with E-state index in [2.05, 4.69) is 15.7 Å². The molecule has 154 valence electrons. The number of rotatable bonds is 4. The fourth-order valence-electron chi connectivity index (χ4n) is 3.57. The van der Waals surface area contributed by atoms with Gasteiger partial charge in [0, 0.05) is 49.0 Å². The number of fused-ring (bicyclic) bond motifs is 1. The first-order valence-corrected chi connectivity index (χ1v) is 10.1. The predicted molar refractivity (Wildman–Crippen MR) is 116 cm³/mol. The largest absolute Gasteiger partial charge is 0.334 e. The summed E-state index contributed by atoms with van der Waals surface area (Å²) in [5.41, 5.74) is 4.79. The predicted octanol–water partition coefficient (Wildman–Crippen LogP) is 3.75. The highest BCUT2D eigenvalue weighted by Crippen LogP contribution is 2.26. The molecule has 0 spiro atoms. The number of halogens is 1. The highest BCUT2D eigenvalue weighted by Gasteiger charge is 2.22. The zero-order valence-corrected chi connectivity index (χ0v) is 17.3. The lowest BCUT2D eigenvalue weighted by molar-refractivity contribution is -0.114. The van der Waals surface area contributed by atoms with E-state index in [9.17, 15) is 9.59 Å². The van der Waals surface area contributed by atoms with Crippen LogP contribution in [-0.2, 0) is 24.3 Å². The van der Waals surface area contributed by atoms with E-state index < -0.39 is 0 Å². The minimum Gasteiger partial charge on any atom is -0.334 e. The summed E-state index contributed by atoms with van der Waals surface area (Å²) in [6.45, 7) is 3.00. The van der Waals surface area contributed by atoms with Crippen LogP contribution in [0.4, 0.5) is 10.5 Å². The van der Waals surface area contributed by atoms with Gasteiger partial charge in [-0.15, -0.1) is 0 Å². The van der Waals surface area contributed by atoms with Crippen molar-refractivity contribution in [2.75, 3.05) is 11.9 Å². The summed E-state index contributed by atoms with van der Waals surface area (Å²) >= 11 is 5.92. The van der Waals surface area contributed by atoms with E-state index in [0.29, 0.717) is 31.1 Å². The van der Waals surface area contributed by atoms with Gasteiger partial charge < -0.3 is 15.5 Å². The number of anilines is 1. The number of hydrogen-bond donors (Lipinski definition) is 2. The summed E-state index contributed by atoms with van der Waals surface area (Å²) in [5.74, 6) is -0.0947. The van der Waals surface area contributed by atoms with Crippen molar-refractivity contribution in [2.45, 2.75) is 26.4 Å². The molecule has 0 bridgehead atoms. The Morgan fingerprint density at radius 3 is 2.73 bits per heavy atom. The first kappa shape index (κ1) is 20.0. The molecule has 0 radical (unpaired) electrons. The zero-order valence-electron chi connectivity index (χ0n) is 16.6. The quantitative estimate of drug-likeness (QED) is 0.670. The average molecular weight is 424 g/mol. The number of hydrogen-bond acceptors (Lipinski definition) is 3. The molecular weight excluding hydrogens is 402 g/mol. The van der Waals surface area contributed by atoms with Crippen molar-refractivity contribution in [3.8, 4) is 5.69 Å². The average Bonchev–Trinajstić information content (AvgIpc) is 3.21. The van der Waals surface area contributed by atoms with Crippen molar-refractivity contribution in [3.05, 3.63) is 76.6 Å². The van der Waals surface area contributed by atoms with E-state index in [0.717, 1.165) is 28.1 Å². The molecule has 1 aliphatic heterocycles. The molecule has 7 nitrogen and oxygen atoms in total. The summed E-state index contributed by atoms with van der Waals surface area (Å²) in [4.78, 5) is 25.8. The van der Waals surface area contributed by atoms with Gasteiger partial charge in [0.05, 0.1) is 11.9 Å². The van der Waals surface area contributed by atoms with Crippen molar-refractivity contribution >= 4 is 29.2 Å². The third-order valence-electron chi connectivity index (χ3n) is 5.03. The number of urea groups is 1. The summed E-state index contributed by atoms with van der Waals surface area (Å²) in [5, 5.41) is 10.8. The Labute approximate surface area is 179 Å². The van der Waals surface area contributed by atoms with Crippen molar-refractivity contribution in [2.24, 2.45) is 0 Å². The normalized spacial score (nSPS) is 12.9. The summed E-state index contributed by atoms with van der Waals surface area (Å²) in [6.07, 6.45) is 4.32. The summed E-state index contributed by atoms with van der Waals surface area (Å²) in [7, 11) is 0. The van der Waals surface area contributed by atoms with E-state index in [4.69, 9.17) is 11.6 Å². The van der Waals surface area contributed by atoms with Crippen LogP contribution in [0.1, 0.15) is 23.6 Å². The van der Waals surface area contributed by atoms with E-state index in [1.807, 2.05) is 48.7 Å². The highest BCUT2D eigenvalue weighted by molar-refractivity contribution is 6.30. The van der Waals surface area contributed by atoms with E-state index >= 15 is 0 Å². The molecule has 8 heteroatoms. The second kappa shape index (κ2) is 8.59. The number of nitrogens with zero attached hydrogens (tertiary/aromatic N) is 3. The molecule has 30 heavy (non-hydrogen) atoms. The first-order valence-electron chi connectivity index (χ1n) is 9.70.